The van der Waals surface area contributed by atoms with E-state index in [-0.39, 0.29) is 18.2 Å². The molecule has 1 N–H and O–H groups in total. The Morgan fingerprint density at radius 1 is 1.24 bits per heavy atom. The molecule has 7 heteroatoms. The first-order valence-electron chi connectivity index (χ1n) is 7.31. The minimum atomic E-state index is -3.36. The molecular formula is C14H23NO5S. The predicted octanol–water partition coefficient (Wildman–Crippen LogP) is 1.32. The lowest BCUT2D eigenvalue weighted by Gasteiger charge is -2.19. The van der Waals surface area contributed by atoms with E-state index < -0.39 is 21.7 Å². The summed E-state index contributed by atoms with van der Waals surface area (Å²) >= 11 is 0. The molecule has 1 rings (SSSR count). The first-order valence-corrected chi connectivity index (χ1v) is 8.92. The fourth-order valence-corrected chi connectivity index (χ4v) is 3.77. The summed E-state index contributed by atoms with van der Waals surface area (Å²) in [4.78, 5) is 22.6. The number of amides is 1. The summed E-state index contributed by atoms with van der Waals surface area (Å²) in [5, 5.41) is 3.08. The quantitative estimate of drug-likeness (QED) is 0.565. The molecule has 1 fully saturated rings. The van der Waals surface area contributed by atoms with Crippen LogP contribution >= 0.6 is 0 Å². The number of nitrogens with one attached hydrogen (secondary N) is 1. The van der Waals surface area contributed by atoms with E-state index in [1.807, 2.05) is 0 Å². The molecule has 6 nitrogen and oxygen atoms in total. The van der Waals surface area contributed by atoms with E-state index in [9.17, 15) is 18.0 Å². The maximum absolute atomic E-state index is 12.0. The van der Waals surface area contributed by atoms with E-state index >= 15 is 0 Å². The summed E-state index contributed by atoms with van der Waals surface area (Å²) in [6, 6.07) is 0. The summed E-state index contributed by atoms with van der Waals surface area (Å²) in [5.41, 5.74) is 0. The summed E-state index contributed by atoms with van der Waals surface area (Å²) in [5.74, 6) is -0.907. The van der Waals surface area contributed by atoms with Gasteiger partial charge in [-0.15, -0.1) is 0 Å². The van der Waals surface area contributed by atoms with Gasteiger partial charge in [0.05, 0.1) is 18.3 Å². The molecule has 1 aliphatic rings. The molecule has 120 valence electrons. The van der Waals surface area contributed by atoms with Crippen LogP contribution in [0.4, 0.5) is 0 Å². The number of carbonyl (C=O) groups excluding carboxylic acids is 2. The monoisotopic (exact) mass is 317 g/mol. The topological polar surface area (TPSA) is 89.5 Å². The Morgan fingerprint density at radius 2 is 1.90 bits per heavy atom. The first kappa shape index (κ1) is 17.7. The molecule has 0 aliphatic heterocycles. The van der Waals surface area contributed by atoms with Gasteiger partial charge in [-0.2, -0.15) is 0 Å². The zero-order valence-electron chi connectivity index (χ0n) is 12.3. The highest BCUT2D eigenvalue weighted by molar-refractivity contribution is 7.94. The van der Waals surface area contributed by atoms with E-state index in [1.54, 1.807) is 6.92 Å². The van der Waals surface area contributed by atoms with Crippen LogP contribution in [0, 0.1) is 0 Å². The number of carbonyl (C=O) groups is 2. The largest absolute Gasteiger partial charge is 0.466 e. The fraction of sp³-hybridized carbons (Fsp3) is 0.714. The number of esters is 1. The van der Waals surface area contributed by atoms with Gasteiger partial charge < -0.3 is 10.1 Å². The molecule has 0 unspecified atom stereocenters. The van der Waals surface area contributed by atoms with Crippen LogP contribution in [0.2, 0.25) is 0 Å². The van der Waals surface area contributed by atoms with Gasteiger partial charge in [0.1, 0.15) is 0 Å². The van der Waals surface area contributed by atoms with Gasteiger partial charge in [-0.25, -0.2) is 8.42 Å². The third kappa shape index (κ3) is 6.75. The number of sulfone groups is 1. The van der Waals surface area contributed by atoms with Crippen molar-refractivity contribution in [1.82, 2.24) is 5.32 Å². The van der Waals surface area contributed by atoms with Gasteiger partial charge in [-0.05, 0) is 19.8 Å². The zero-order chi connectivity index (χ0) is 15.7. The summed E-state index contributed by atoms with van der Waals surface area (Å²) in [6.07, 6.45) is 5.34. The van der Waals surface area contributed by atoms with Gasteiger partial charge in [-0.3, -0.25) is 9.59 Å². The third-order valence-corrected chi connectivity index (χ3v) is 5.28. The Kier molecular flexibility index (Phi) is 7.42. The second-order valence-electron chi connectivity index (χ2n) is 5.00. The average Bonchev–Trinajstić information content (AvgIpc) is 2.46. The lowest BCUT2D eigenvalue weighted by atomic mass is 10.0. The van der Waals surface area contributed by atoms with E-state index in [0.717, 1.165) is 30.7 Å². The molecule has 0 spiro atoms. The van der Waals surface area contributed by atoms with Crippen molar-refractivity contribution in [2.45, 2.75) is 50.7 Å². The normalized spacial score (nSPS) is 16.8. The van der Waals surface area contributed by atoms with Crippen molar-refractivity contribution in [3.63, 3.8) is 0 Å². The van der Waals surface area contributed by atoms with Crippen LogP contribution in [-0.4, -0.2) is 38.7 Å². The average molecular weight is 317 g/mol. The maximum Gasteiger partial charge on any atom is 0.307 e. The Labute approximate surface area is 125 Å². The molecule has 0 aromatic heterocycles. The Hall–Kier alpha value is -1.37. The summed E-state index contributed by atoms with van der Waals surface area (Å²) in [7, 11) is -3.36. The van der Waals surface area contributed by atoms with Crippen molar-refractivity contribution in [2.24, 2.45) is 0 Å². The van der Waals surface area contributed by atoms with E-state index in [1.165, 1.54) is 0 Å². The SMILES string of the molecule is CCOC(=O)CCNC(=O)/C=C/S(=O)(=O)C1CCCCC1. The zero-order valence-corrected chi connectivity index (χ0v) is 13.2. The molecule has 1 amide bonds. The van der Waals surface area contributed by atoms with Crippen molar-refractivity contribution in [1.29, 1.82) is 0 Å². The second-order valence-corrected chi connectivity index (χ2v) is 7.11. The maximum atomic E-state index is 12.0. The standard InChI is InChI=1S/C14H23NO5S/c1-2-20-14(17)8-10-15-13(16)9-11-21(18,19)12-6-4-3-5-7-12/h9,11-12H,2-8,10H2,1H3,(H,15,16)/b11-9+. The molecule has 0 saturated heterocycles. The Bertz CT molecular complexity index is 478. The second kappa shape index (κ2) is 8.81. The molecular weight excluding hydrogens is 294 g/mol. The number of ether oxygens (including phenoxy) is 1. The highest BCUT2D eigenvalue weighted by Crippen LogP contribution is 2.24. The third-order valence-electron chi connectivity index (χ3n) is 3.36. The van der Waals surface area contributed by atoms with Crippen LogP contribution in [0.25, 0.3) is 0 Å². The van der Waals surface area contributed by atoms with Crippen LogP contribution in [0.15, 0.2) is 11.5 Å². The van der Waals surface area contributed by atoms with Gasteiger partial charge in [0.15, 0.2) is 9.84 Å². The van der Waals surface area contributed by atoms with Gasteiger partial charge in [0, 0.05) is 18.0 Å². The van der Waals surface area contributed by atoms with Crippen molar-refractivity contribution in [3.8, 4) is 0 Å². The Morgan fingerprint density at radius 3 is 2.52 bits per heavy atom. The highest BCUT2D eigenvalue weighted by Gasteiger charge is 2.24. The smallest absolute Gasteiger partial charge is 0.307 e. The highest BCUT2D eigenvalue weighted by atomic mass is 32.2. The van der Waals surface area contributed by atoms with Crippen molar-refractivity contribution in [3.05, 3.63) is 11.5 Å². The molecule has 21 heavy (non-hydrogen) atoms. The van der Waals surface area contributed by atoms with Crippen LogP contribution in [0.1, 0.15) is 45.4 Å². The van der Waals surface area contributed by atoms with Gasteiger partial charge in [0.25, 0.3) is 0 Å². The van der Waals surface area contributed by atoms with Crippen LogP contribution in [-0.2, 0) is 24.2 Å². The van der Waals surface area contributed by atoms with Crippen molar-refractivity contribution in [2.75, 3.05) is 13.2 Å². The first-order chi connectivity index (χ1) is 9.95. The summed E-state index contributed by atoms with van der Waals surface area (Å²) < 4.78 is 28.7. The molecule has 0 atom stereocenters. The minimum Gasteiger partial charge on any atom is -0.466 e. The molecule has 0 heterocycles. The van der Waals surface area contributed by atoms with Gasteiger partial charge in [0.2, 0.25) is 5.91 Å². The molecule has 0 radical (unpaired) electrons. The molecule has 0 aromatic rings. The van der Waals surface area contributed by atoms with E-state index in [0.29, 0.717) is 19.4 Å². The van der Waals surface area contributed by atoms with Crippen LogP contribution in [0.3, 0.4) is 0 Å². The summed E-state index contributed by atoms with van der Waals surface area (Å²) in [6.45, 7) is 2.13. The fourth-order valence-electron chi connectivity index (χ4n) is 2.24. The van der Waals surface area contributed by atoms with Crippen molar-refractivity contribution < 1.29 is 22.7 Å². The number of hydrogen-bond donors (Lipinski definition) is 1. The predicted molar refractivity (Wildman–Crippen MR) is 79.2 cm³/mol. The molecule has 0 bridgehead atoms. The van der Waals surface area contributed by atoms with Crippen LogP contribution < -0.4 is 5.32 Å². The number of hydrogen-bond acceptors (Lipinski definition) is 5. The van der Waals surface area contributed by atoms with Crippen LogP contribution in [0.5, 0.6) is 0 Å². The lowest BCUT2D eigenvalue weighted by Crippen LogP contribution is -2.26. The van der Waals surface area contributed by atoms with E-state index in [4.69, 9.17) is 4.74 Å². The molecule has 0 aromatic carbocycles. The van der Waals surface area contributed by atoms with Gasteiger partial charge in [-0.1, -0.05) is 19.3 Å². The molecule has 1 saturated carbocycles. The van der Waals surface area contributed by atoms with Crippen molar-refractivity contribution >= 4 is 21.7 Å². The van der Waals surface area contributed by atoms with E-state index in [2.05, 4.69) is 5.32 Å². The minimum absolute atomic E-state index is 0.0722. The number of rotatable bonds is 7. The van der Waals surface area contributed by atoms with Gasteiger partial charge >= 0.3 is 5.97 Å². The lowest BCUT2D eigenvalue weighted by molar-refractivity contribution is -0.142. The Balaban J connectivity index is 2.37. The molecule has 1 aliphatic carbocycles.